The molecule has 2 atom stereocenters. The zero-order chi connectivity index (χ0) is 13.8. The molecule has 1 rings (SSSR count). The summed E-state index contributed by atoms with van der Waals surface area (Å²) in [5, 5.41) is 12.4. The van der Waals surface area contributed by atoms with Crippen molar-refractivity contribution in [1.29, 1.82) is 0 Å². The van der Waals surface area contributed by atoms with Gasteiger partial charge in [-0.1, -0.05) is 13.8 Å². The number of hydrogen-bond donors (Lipinski definition) is 2. The third-order valence-corrected chi connectivity index (χ3v) is 3.49. The molecule has 0 aromatic heterocycles. The second kappa shape index (κ2) is 6.25. The molecular weight excluding hydrogens is 236 g/mol. The number of hydrogen-bond acceptors (Lipinski definition) is 2. The van der Waals surface area contributed by atoms with Crippen LogP contribution in [0.15, 0.2) is 18.2 Å². The van der Waals surface area contributed by atoms with Gasteiger partial charge in [-0.25, -0.2) is 8.78 Å². The largest absolute Gasteiger partial charge is 0.396 e. The molecule has 2 unspecified atom stereocenters. The van der Waals surface area contributed by atoms with Crippen LogP contribution >= 0.6 is 0 Å². The third-order valence-electron chi connectivity index (χ3n) is 3.49. The molecule has 0 saturated carbocycles. The van der Waals surface area contributed by atoms with E-state index in [1.54, 1.807) is 6.92 Å². The summed E-state index contributed by atoms with van der Waals surface area (Å²) in [6.45, 7) is 6.34. The fourth-order valence-corrected chi connectivity index (χ4v) is 1.65. The van der Waals surface area contributed by atoms with Crippen molar-refractivity contribution in [3.8, 4) is 0 Å². The van der Waals surface area contributed by atoms with E-state index in [4.69, 9.17) is 0 Å². The Morgan fingerprint density at radius 2 is 2.06 bits per heavy atom. The highest BCUT2D eigenvalue weighted by atomic mass is 19.1. The van der Waals surface area contributed by atoms with Gasteiger partial charge in [-0.05, 0) is 31.5 Å². The second-order valence-electron chi connectivity index (χ2n) is 5.09. The minimum Gasteiger partial charge on any atom is -0.396 e. The van der Waals surface area contributed by atoms with Crippen molar-refractivity contribution in [3.63, 3.8) is 0 Å². The summed E-state index contributed by atoms with van der Waals surface area (Å²) in [5.41, 5.74) is 0.0734. The van der Waals surface area contributed by atoms with Crippen LogP contribution in [0, 0.1) is 17.0 Å². The summed E-state index contributed by atoms with van der Waals surface area (Å²) in [7, 11) is 0. The molecule has 0 aliphatic carbocycles. The summed E-state index contributed by atoms with van der Waals surface area (Å²) in [4.78, 5) is 0. The molecule has 0 bridgehead atoms. The predicted molar refractivity (Wildman–Crippen MR) is 68.3 cm³/mol. The Labute approximate surface area is 107 Å². The van der Waals surface area contributed by atoms with Crippen molar-refractivity contribution in [2.45, 2.75) is 33.2 Å². The average molecular weight is 257 g/mol. The summed E-state index contributed by atoms with van der Waals surface area (Å²) in [6, 6.07) is 3.15. The van der Waals surface area contributed by atoms with E-state index in [9.17, 15) is 13.9 Å². The smallest absolute Gasteiger partial charge is 0.128 e. The van der Waals surface area contributed by atoms with Crippen molar-refractivity contribution in [3.05, 3.63) is 35.4 Å². The summed E-state index contributed by atoms with van der Waals surface area (Å²) in [5.74, 6) is -0.862. The van der Waals surface area contributed by atoms with E-state index in [2.05, 4.69) is 5.32 Å². The Balaban J connectivity index is 2.71. The Kier molecular flexibility index (Phi) is 5.23. The lowest BCUT2D eigenvalue weighted by Gasteiger charge is -2.28. The minimum atomic E-state index is -0.444. The number of benzene rings is 1. The molecule has 0 amide bonds. The van der Waals surface area contributed by atoms with Crippen LogP contribution in [0.25, 0.3) is 0 Å². The van der Waals surface area contributed by atoms with Crippen molar-refractivity contribution in [1.82, 2.24) is 5.32 Å². The maximum atomic E-state index is 13.5. The topological polar surface area (TPSA) is 32.3 Å². The maximum absolute atomic E-state index is 13.5. The van der Waals surface area contributed by atoms with Crippen LogP contribution in [0.4, 0.5) is 8.78 Å². The highest BCUT2D eigenvalue weighted by Crippen LogP contribution is 2.22. The molecular formula is C14H21F2NO. The van der Waals surface area contributed by atoms with Crippen molar-refractivity contribution < 1.29 is 13.9 Å². The summed E-state index contributed by atoms with van der Waals surface area (Å²) < 4.78 is 26.6. The van der Waals surface area contributed by atoms with Crippen LogP contribution in [0.5, 0.6) is 0 Å². The molecule has 1 aromatic carbocycles. The Morgan fingerprint density at radius 1 is 1.39 bits per heavy atom. The van der Waals surface area contributed by atoms with Gasteiger partial charge in [0.05, 0.1) is 0 Å². The Hall–Kier alpha value is -1.00. The SMILES string of the molecule is CCC(C)(CO)CNC(C)c1cc(F)ccc1F. The molecule has 0 spiro atoms. The number of aliphatic hydroxyl groups excluding tert-OH is 1. The molecule has 0 aliphatic rings. The van der Waals surface area contributed by atoms with Crippen LogP contribution in [0.3, 0.4) is 0 Å². The molecule has 0 saturated heterocycles. The highest BCUT2D eigenvalue weighted by Gasteiger charge is 2.22. The lowest BCUT2D eigenvalue weighted by Crippen LogP contribution is -2.35. The lowest BCUT2D eigenvalue weighted by atomic mass is 9.88. The van der Waals surface area contributed by atoms with Gasteiger partial charge in [-0.3, -0.25) is 0 Å². The first kappa shape index (κ1) is 15.1. The van der Waals surface area contributed by atoms with E-state index < -0.39 is 11.6 Å². The van der Waals surface area contributed by atoms with Crippen molar-refractivity contribution in [2.75, 3.05) is 13.2 Å². The summed E-state index contributed by atoms with van der Waals surface area (Å²) in [6.07, 6.45) is 0.814. The lowest BCUT2D eigenvalue weighted by molar-refractivity contribution is 0.132. The van der Waals surface area contributed by atoms with Crippen LogP contribution in [0.1, 0.15) is 38.8 Å². The minimum absolute atomic E-state index is 0.0643. The molecule has 1 aromatic rings. The molecule has 0 aliphatic heterocycles. The molecule has 0 heterocycles. The monoisotopic (exact) mass is 257 g/mol. The number of rotatable bonds is 6. The Bertz CT molecular complexity index is 391. The highest BCUT2D eigenvalue weighted by molar-refractivity contribution is 5.21. The van der Waals surface area contributed by atoms with Gasteiger partial charge in [0, 0.05) is 30.2 Å². The first-order valence-corrected chi connectivity index (χ1v) is 6.21. The van der Waals surface area contributed by atoms with Gasteiger partial charge >= 0.3 is 0 Å². The first-order chi connectivity index (χ1) is 8.41. The molecule has 18 heavy (non-hydrogen) atoms. The van der Waals surface area contributed by atoms with E-state index in [-0.39, 0.29) is 18.1 Å². The Morgan fingerprint density at radius 3 is 2.61 bits per heavy atom. The van der Waals surface area contributed by atoms with E-state index in [1.165, 1.54) is 6.07 Å². The third kappa shape index (κ3) is 3.75. The van der Waals surface area contributed by atoms with Gasteiger partial charge in [0.2, 0.25) is 0 Å². The van der Waals surface area contributed by atoms with E-state index in [0.29, 0.717) is 12.1 Å². The molecule has 102 valence electrons. The predicted octanol–water partition coefficient (Wildman–Crippen LogP) is 3.02. The van der Waals surface area contributed by atoms with Crippen LogP contribution < -0.4 is 5.32 Å². The first-order valence-electron chi connectivity index (χ1n) is 6.21. The van der Waals surface area contributed by atoms with Gasteiger partial charge in [0.15, 0.2) is 0 Å². The van der Waals surface area contributed by atoms with Crippen molar-refractivity contribution >= 4 is 0 Å². The zero-order valence-corrected chi connectivity index (χ0v) is 11.1. The summed E-state index contributed by atoms with van der Waals surface area (Å²) >= 11 is 0. The van der Waals surface area contributed by atoms with Gasteiger partial charge < -0.3 is 10.4 Å². The number of nitrogens with one attached hydrogen (secondary N) is 1. The van der Waals surface area contributed by atoms with Gasteiger partial charge in [0.1, 0.15) is 11.6 Å². The van der Waals surface area contributed by atoms with Crippen LogP contribution in [-0.2, 0) is 0 Å². The average Bonchev–Trinajstić information content (AvgIpc) is 2.38. The zero-order valence-electron chi connectivity index (χ0n) is 11.1. The maximum Gasteiger partial charge on any atom is 0.128 e. The van der Waals surface area contributed by atoms with Gasteiger partial charge in [-0.2, -0.15) is 0 Å². The standard InChI is InChI=1S/C14H21F2NO/c1-4-14(3,9-18)8-17-10(2)12-7-11(15)5-6-13(12)16/h5-7,10,17-18H,4,8-9H2,1-3H3. The molecule has 2 nitrogen and oxygen atoms in total. The van der Waals surface area contributed by atoms with E-state index in [0.717, 1.165) is 18.6 Å². The van der Waals surface area contributed by atoms with E-state index in [1.807, 2.05) is 13.8 Å². The van der Waals surface area contributed by atoms with Crippen LogP contribution in [0.2, 0.25) is 0 Å². The number of halogens is 2. The number of aliphatic hydroxyl groups is 1. The van der Waals surface area contributed by atoms with Gasteiger partial charge in [-0.15, -0.1) is 0 Å². The quantitative estimate of drug-likeness (QED) is 0.821. The molecule has 2 N–H and O–H groups in total. The second-order valence-corrected chi connectivity index (χ2v) is 5.09. The van der Waals surface area contributed by atoms with Crippen molar-refractivity contribution in [2.24, 2.45) is 5.41 Å². The fraction of sp³-hybridized carbons (Fsp3) is 0.571. The molecule has 0 fully saturated rings. The fourth-order valence-electron chi connectivity index (χ4n) is 1.65. The van der Waals surface area contributed by atoms with Crippen LogP contribution in [-0.4, -0.2) is 18.3 Å². The van der Waals surface area contributed by atoms with E-state index >= 15 is 0 Å². The molecule has 0 radical (unpaired) electrons. The molecule has 4 heteroatoms. The normalized spacial score (nSPS) is 16.3. The van der Waals surface area contributed by atoms with Gasteiger partial charge in [0.25, 0.3) is 0 Å².